The normalized spacial score (nSPS) is 14.4. The fraction of sp³-hybridized carbons (Fsp3) is 0.506. The molecule has 0 saturated carbocycles. The van der Waals surface area contributed by atoms with E-state index in [4.69, 9.17) is 24.3 Å². The van der Waals surface area contributed by atoms with Gasteiger partial charge < -0.3 is 20.1 Å². The van der Waals surface area contributed by atoms with E-state index in [0.717, 1.165) is 205 Å². The fourth-order valence-corrected chi connectivity index (χ4v) is 9.69. The number of allylic oxidation sites excluding steroid dienone is 40. The van der Waals surface area contributed by atoms with Gasteiger partial charge in [-0.25, -0.2) is 4.57 Å². The summed E-state index contributed by atoms with van der Waals surface area (Å²) in [5, 5.41) is 0. The van der Waals surface area contributed by atoms with Gasteiger partial charge in [-0.1, -0.05) is 308 Å². The lowest BCUT2D eigenvalue weighted by molar-refractivity contribution is -0.161. The first kappa shape index (κ1) is 88.8. The molecule has 0 aromatic rings. The molecule has 0 saturated heterocycles. The molecule has 0 radical (unpaired) electrons. The number of rotatable bonds is 65. The zero-order valence-electron chi connectivity index (χ0n) is 59.3. The topological polar surface area (TPSA) is 134 Å². The summed E-state index contributed by atoms with van der Waals surface area (Å²) in [6.07, 6.45) is 122. The van der Waals surface area contributed by atoms with Gasteiger partial charge >= 0.3 is 19.8 Å². The second-order valence-electron chi connectivity index (χ2n) is 23.0. The molecule has 10 heteroatoms. The standard InChI is InChI=1S/C85H130NO8P/c1-3-5-7-9-11-13-15-17-19-21-23-25-27-29-31-33-35-37-39-41-43-45-47-49-51-53-55-57-59-61-63-65-67-69-71-73-75-77-84(87)91-81-83(82-93-95(89,90)92-80-79-86)94-85(88)78-76-74-72-70-68-66-64-62-60-58-56-54-52-50-48-46-44-42-40-38-36-34-32-30-28-26-24-22-20-18-16-14-12-10-8-6-4-2/h5-8,11-14,17-20,23-26,29-32,35-38,41-44,47-50,53-56,59-62,83H,3-4,9-10,15-16,21-22,27-28,33-34,39-40,45-46,51-52,57-58,63-82,86H2,1-2H3,(H,89,90)/b7-5-,8-6-,13-11-,14-12-,19-17-,20-18-,25-23-,26-24-,31-29-,32-30-,37-35-,38-36-,43-41-,44-42-,49-47-,50-48-,55-53-,56-54-,61-59-,62-60-. The highest BCUT2D eigenvalue weighted by Gasteiger charge is 2.26. The number of esters is 2. The fourth-order valence-electron chi connectivity index (χ4n) is 8.93. The number of phosphoric ester groups is 1. The molecule has 9 nitrogen and oxygen atoms in total. The van der Waals surface area contributed by atoms with E-state index < -0.39 is 32.5 Å². The van der Waals surface area contributed by atoms with Gasteiger partial charge in [-0.05, 0) is 167 Å². The number of phosphoric acid groups is 1. The molecule has 0 rings (SSSR count). The van der Waals surface area contributed by atoms with Crippen LogP contribution in [0.25, 0.3) is 0 Å². The Morgan fingerprint density at radius 3 is 0.811 bits per heavy atom. The highest BCUT2D eigenvalue weighted by molar-refractivity contribution is 7.47. The Labute approximate surface area is 580 Å². The van der Waals surface area contributed by atoms with Crippen molar-refractivity contribution in [1.82, 2.24) is 0 Å². The lowest BCUT2D eigenvalue weighted by Crippen LogP contribution is -2.29. The minimum atomic E-state index is -4.42. The molecule has 0 bridgehead atoms. The van der Waals surface area contributed by atoms with Crippen molar-refractivity contribution >= 4 is 19.8 Å². The summed E-state index contributed by atoms with van der Waals surface area (Å²) in [5.74, 6) is -0.881. The van der Waals surface area contributed by atoms with Crippen molar-refractivity contribution in [3.05, 3.63) is 243 Å². The predicted octanol–water partition coefficient (Wildman–Crippen LogP) is 24.7. The molecule has 0 spiro atoms. The molecule has 0 fully saturated rings. The number of hydrogen-bond donors (Lipinski definition) is 2. The van der Waals surface area contributed by atoms with E-state index in [1.807, 2.05) is 0 Å². The average molecular weight is 1320 g/mol. The smallest absolute Gasteiger partial charge is 0.462 e. The molecule has 3 N–H and O–H groups in total. The lowest BCUT2D eigenvalue weighted by Gasteiger charge is -2.19. The quantitative estimate of drug-likeness (QED) is 0.0264. The molecule has 0 aromatic heterocycles. The molecule has 0 aliphatic rings. The second-order valence-corrected chi connectivity index (χ2v) is 24.4. The molecule has 0 aliphatic carbocycles. The Hall–Kier alpha value is -6.19. The summed E-state index contributed by atoms with van der Waals surface area (Å²) in [6.45, 7) is 3.45. The number of nitrogens with two attached hydrogens (primary N) is 1. The van der Waals surface area contributed by atoms with Crippen molar-refractivity contribution in [2.75, 3.05) is 26.4 Å². The van der Waals surface area contributed by atoms with Crippen LogP contribution in [-0.4, -0.2) is 49.3 Å². The summed E-state index contributed by atoms with van der Waals surface area (Å²) in [4.78, 5) is 35.4. The van der Waals surface area contributed by atoms with Gasteiger partial charge in [0.2, 0.25) is 0 Å². The largest absolute Gasteiger partial charge is 0.472 e. The number of ether oxygens (including phenoxy) is 2. The van der Waals surface area contributed by atoms with Crippen LogP contribution in [0.1, 0.15) is 245 Å². The van der Waals surface area contributed by atoms with Gasteiger partial charge in [0.25, 0.3) is 0 Å². The lowest BCUT2D eigenvalue weighted by atomic mass is 10.1. The van der Waals surface area contributed by atoms with E-state index in [1.54, 1.807) is 0 Å². The molecule has 2 unspecified atom stereocenters. The Kier molecular flexibility index (Phi) is 71.8. The van der Waals surface area contributed by atoms with E-state index in [0.29, 0.717) is 12.8 Å². The number of unbranched alkanes of at least 4 members (excludes halogenated alkanes) is 12. The maximum atomic E-state index is 12.8. The van der Waals surface area contributed by atoms with Gasteiger partial charge in [0.1, 0.15) is 6.61 Å². The van der Waals surface area contributed by atoms with Gasteiger partial charge in [-0.15, -0.1) is 0 Å². The summed E-state index contributed by atoms with van der Waals surface area (Å²) in [6, 6.07) is 0. The van der Waals surface area contributed by atoms with E-state index in [9.17, 15) is 19.0 Å². The van der Waals surface area contributed by atoms with Crippen LogP contribution in [0.4, 0.5) is 0 Å². The van der Waals surface area contributed by atoms with E-state index in [1.165, 1.54) is 0 Å². The number of carbonyl (C=O) groups excluding carboxylic acids is 2. The van der Waals surface area contributed by atoms with Crippen LogP contribution < -0.4 is 5.73 Å². The molecule has 0 amide bonds. The zero-order valence-corrected chi connectivity index (χ0v) is 60.2. The Morgan fingerprint density at radius 2 is 0.547 bits per heavy atom. The van der Waals surface area contributed by atoms with E-state index in [-0.39, 0.29) is 32.6 Å². The third-order valence-corrected chi connectivity index (χ3v) is 15.2. The predicted molar refractivity (Wildman–Crippen MR) is 412 cm³/mol. The van der Waals surface area contributed by atoms with Crippen LogP contribution in [0.3, 0.4) is 0 Å². The Balaban J connectivity index is 4.07. The molecule has 2 atom stereocenters. The summed E-state index contributed by atoms with van der Waals surface area (Å²) in [7, 11) is -4.42. The SMILES string of the molecule is CC/C=C\C/C=C\C/C=C\C/C=C\C/C=C\C/C=C\C/C=C\C/C=C\C/C=C\C/C=C\CCCCCCCCC(=O)OCC(COP(=O)(O)OCCN)OC(=O)CCCCCCCC/C=C\C/C=C\C/C=C\C/C=C\C/C=C\C/C=C\C/C=C\C/C=C\C/C=C\C/C=C\CC. The maximum Gasteiger partial charge on any atom is 0.472 e. The summed E-state index contributed by atoms with van der Waals surface area (Å²) >= 11 is 0. The van der Waals surface area contributed by atoms with Crippen molar-refractivity contribution < 1.29 is 37.6 Å². The summed E-state index contributed by atoms with van der Waals surface area (Å²) in [5.41, 5.74) is 5.40. The highest BCUT2D eigenvalue weighted by atomic mass is 31.2. The summed E-state index contributed by atoms with van der Waals surface area (Å²) < 4.78 is 33.2. The Morgan fingerprint density at radius 1 is 0.316 bits per heavy atom. The molecule has 0 aliphatic heterocycles. The minimum Gasteiger partial charge on any atom is -0.462 e. The van der Waals surface area contributed by atoms with Gasteiger partial charge in [-0.2, -0.15) is 0 Å². The van der Waals surface area contributed by atoms with Crippen LogP contribution in [-0.2, 0) is 32.7 Å². The molecule has 0 heterocycles. The first-order valence-corrected chi connectivity index (χ1v) is 38.0. The third-order valence-electron chi connectivity index (χ3n) is 14.2. The Bertz CT molecular complexity index is 2460. The van der Waals surface area contributed by atoms with Gasteiger partial charge in [-0.3, -0.25) is 18.6 Å². The maximum absolute atomic E-state index is 12.8. The average Bonchev–Trinajstić information content (AvgIpc) is 1.55. The van der Waals surface area contributed by atoms with Crippen LogP contribution in [0.5, 0.6) is 0 Å². The van der Waals surface area contributed by atoms with Crippen LogP contribution in [0.15, 0.2) is 243 Å². The molecular weight excluding hydrogens is 1190 g/mol. The molecule has 528 valence electrons. The first-order valence-electron chi connectivity index (χ1n) is 36.5. The van der Waals surface area contributed by atoms with E-state index in [2.05, 4.69) is 257 Å². The molecule has 95 heavy (non-hydrogen) atoms. The van der Waals surface area contributed by atoms with Crippen LogP contribution in [0, 0.1) is 0 Å². The second kappa shape index (κ2) is 76.8. The number of carbonyl (C=O) groups is 2. The van der Waals surface area contributed by atoms with E-state index >= 15 is 0 Å². The van der Waals surface area contributed by atoms with Crippen molar-refractivity contribution in [1.29, 1.82) is 0 Å². The molecular formula is C85H130NO8P. The van der Waals surface area contributed by atoms with Crippen molar-refractivity contribution in [2.24, 2.45) is 5.73 Å². The van der Waals surface area contributed by atoms with Crippen molar-refractivity contribution in [3.63, 3.8) is 0 Å². The first-order chi connectivity index (χ1) is 46.8. The monoisotopic (exact) mass is 1320 g/mol. The van der Waals surface area contributed by atoms with Crippen LogP contribution >= 0.6 is 7.82 Å². The number of hydrogen-bond acceptors (Lipinski definition) is 8. The van der Waals surface area contributed by atoms with Crippen molar-refractivity contribution in [3.8, 4) is 0 Å². The van der Waals surface area contributed by atoms with Gasteiger partial charge in [0.15, 0.2) is 6.10 Å². The van der Waals surface area contributed by atoms with Crippen molar-refractivity contribution in [2.45, 2.75) is 251 Å². The zero-order chi connectivity index (χ0) is 68.6. The molecule has 0 aromatic carbocycles. The minimum absolute atomic E-state index is 0.0350. The van der Waals surface area contributed by atoms with Gasteiger partial charge in [0.05, 0.1) is 13.2 Å². The van der Waals surface area contributed by atoms with Gasteiger partial charge in [0, 0.05) is 19.4 Å². The third kappa shape index (κ3) is 76.7. The van der Waals surface area contributed by atoms with Crippen LogP contribution in [0.2, 0.25) is 0 Å². The highest BCUT2D eigenvalue weighted by Crippen LogP contribution is 2.43.